The molecule has 0 bridgehead atoms. The van der Waals surface area contributed by atoms with E-state index in [2.05, 4.69) is 0 Å². The number of likely N-dealkylation sites (N-methyl/N-ethyl adjacent to an activating group) is 1. The van der Waals surface area contributed by atoms with Gasteiger partial charge in [-0.2, -0.15) is 0 Å². The standard InChI is InChI=1S/C9H21N3O4/c1-12(2)3-4-16-8(11)7(13)5-6(10)9(14)15/h6-8,13H,3-5,10-11H2,1-2H3,(H,14,15)/t6-,7?,8?/m0/s1. The van der Waals surface area contributed by atoms with E-state index >= 15 is 0 Å². The summed E-state index contributed by atoms with van der Waals surface area (Å²) in [6, 6.07) is -1.13. The molecule has 3 atom stereocenters. The van der Waals surface area contributed by atoms with Crippen LogP contribution in [0, 0.1) is 0 Å². The fraction of sp³-hybridized carbons (Fsp3) is 0.889. The van der Waals surface area contributed by atoms with E-state index in [1.54, 1.807) is 0 Å². The van der Waals surface area contributed by atoms with Crippen molar-refractivity contribution in [3.8, 4) is 0 Å². The Morgan fingerprint density at radius 2 is 2.00 bits per heavy atom. The zero-order valence-corrected chi connectivity index (χ0v) is 9.67. The molecule has 0 radical (unpaired) electrons. The Morgan fingerprint density at radius 3 is 2.44 bits per heavy atom. The zero-order chi connectivity index (χ0) is 12.7. The number of rotatable bonds is 8. The van der Waals surface area contributed by atoms with E-state index in [9.17, 15) is 9.90 Å². The van der Waals surface area contributed by atoms with Crippen molar-refractivity contribution in [2.45, 2.75) is 24.8 Å². The monoisotopic (exact) mass is 235 g/mol. The second-order valence-electron chi connectivity index (χ2n) is 3.89. The van der Waals surface area contributed by atoms with Crippen LogP contribution in [0.25, 0.3) is 0 Å². The van der Waals surface area contributed by atoms with Crippen molar-refractivity contribution >= 4 is 5.97 Å². The molecule has 6 N–H and O–H groups in total. The summed E-state index contributed by atoms with van der Waals surface area (Å²) < 4.78 is 5.13. The fourth-order valence-electron chi connectivity index (χ4n) is 0.978. The average Bonchev–Trinajstić information content (AvgIpc) is 2.16. The Morgan fingerprint density at radius 1 is 1.44 bits per heavy atom. The van der Waals surface area contributed by atoms with Crippen LogP contribution in [0.4, 0.5) is 0 Å². The van der Waals surface area contributed by atoms with Crippen LogP contribution < -0.4 is 11.5 Å². The van der Waals surface area contributed by atoms with Gasteiger partial charge in [0.05, 0.1) is 12.7 Å². The number of hydrogen-bond donors (Lipinski definition) is 4. The van der Waals surface area contributed by atoms with Crippen LogP contribution in [-0.2, 0) is 9.53 Å². The van der Waals surface area contributed by atoms with Gasteiger partial charge in [-0.05, 0) is 14.1 Å². The summed E-state index contributed by atoms with van der Waals surface area (Å²) in [5.41, 5.74) is 10.8. The molecule has 0 aromatic carbocycles. The van der Waals surface area contributed by atoms with Crippen molar-refractivity contribution in [1.82, 2.24) is 4.90 Å². The van der Waals surface area contributed by atoms with Crippen molar-refractivity contribution in [1.29, 1.82) is 0 Å². The van der Waals surface area contributed by atoms with Gasteiger partial charge in [-0.25, -0.2) is 0 Å². The first-order valence-electron chi connectivity index (χ1n) is 5.03. The molecule has 0 aromatic heterocycles. The molecule has 0 fully saturated rings. The van der Waals surface area contributed by atoms with Gasteiger partial charge in [0.15, 0.2) is 0 Å². The molecule has 0 aliphatic heterocycles. The largest absolute Gasteiger partial charge is 0.480 e. The molecule has 0 rings (SSSR count). The van der Waals surface area contributed by atoms with E-state index in [4.69, 9.17) is 21.3 Å². The van der Waals surface area contributed by atoms with E-state index in [0.29, 0.717) is 13.2 Å². The van der Waals surface area contributed by atoms with Crippen LogP contribution in [0.1, 0.15) is 6.42 Å². The van der Waals surface area contributed by atoms with E-state index in [-0.39, 0.29) is 6.42 Å². The summed E-state index contributed by atoms with van der Waals surface area (Å²) in [5.74, 6) is -1.17. The van der Waals surface area contributed by atoms with Crippen molar-refractivity contribution in [3.05, 3.63) is 0 Å². The molecular formula is C9H21N3O4. The maximum Gasteiger partial charge on any atom is 0.320 e. The summed E-state index contributed by atoms with van der Waals surface area (Å²) in [6.07, 6.45) is -2.11. The Balaban J connectivity index is 3.81. The molecule has 16 heavy (non-hydrogen) atoms. The normalized spacial score (nSPS) is 17.1. The maximum atomic E-state index is 10.4. The number of carbonyl (C=O) groups is 1. The number of aliphatic hydroxyl groups is 1. The summed E-state index contributed by atoms with van der Waals surface area (Å²) in [5, 5.41) is 18.0. The number of aliphatic carboxylic acids is 1. The Hall–Kier alpha value is -0.730. The minimum Gasteiger partial charge on any atom is -0.480 e. The summed E-state index contributed by atoms with van der Waals surface area (Å²) in [7, 11) is 3.76. The fourth-order valence-corrected chi connectivity index (χ4v) is 0.978. The number of carboxylic acid groups (broad SMARTS) is 1. The van der Waals surface area contributed by atoms with Crippen LogP contribution in [0.2, 0.25) is 0 Å². The first-order chi connectivity index (χ1) is 7.34. The van der Waals surface area contributed by atoms with E-state index in [0.717, 1.165) is 0 Å². The van der Waals surface area contributed by atoms with E-state index in [1.807, 2.05) is 19.0 Å². The highest BCUT2D eigenvalue weighted by Gasteiger charge is 2.22. The summed E-state index contributed by atoms with van der Waals surface area (Å²) >= 11 is 0. The first-order valence-corrected chi connectivity index (χ1v) is 5.03. The third kappa shape index (κ3) is 6.70. The number of nitrogens with two attached hydrogens (primary N) is 2. The van der Waals surface area contributed by atoms with Crippen LogP contribution in [0.3, 0.4) is 0 Å². The van der Waals surface area contributed by atoms with Gasteiger partial charge in [0, 0.05) is 13.0 Å². The second-order valence-corrected chi connectivity index (χ2v) is 3.89. The van der Waals surface area contributed by atoms with Gasteiger partial charge in [-0.3, -0.25) is 4.79 Å². The molecule has 7 heteroatoms. The average molecular weight is 235 g/mol. The maximum absolute atomic E-state index is 10.4. The molecule has 0 heterocycles. The quantitative estimate of drug-likeness (QED) is 0.359. The van der Waals surface area contributed by atoms with Gasteiger partial charge < -0.3 is 31.3 Å². The zero-order valence-electron chi connectivity index (χ0n) is 9.67. The Labute approximate surface area is 95.0 Å². The van der Waals surface area contributed by atoms with Gasteiger partial charge in [-0.15, -0.1) is 0 Å². The number of hydrogen-bond acceptors (Lipinski definition) is 6. The predicted molar refractivity (Wildman–Crippen MR) is 58.7 cm³/mol. The highest BCUT2D eigenvalue weighted by Crippen LogP contribution is 2.02. The minimum absolute atomic E-state index is 0.127. The molecular weight excluding hydrogens is 214 g/mol. The summed E-state index contributed by atoms with van der Waals surface area (Å²) in [6.45, 7) is 1.04. The second kappa shape index (κ2) is 7.53. The Bertz CT molecular complexity index is 213. The first kappa shape index (κ1) is 15.3. The molecule has 0 saturated heterocycles. The van der Waals surface area contributed by atoms with Crippen LogP contribution >= 0.6 is 0 Å². The minimum atomic E-state index is -1.17. The van der Waals surface area contributed by atoms with Gasteiger partial charge in [0.1, 0.15) is 12.3 Å². The topological polar surface area (TPSA) is 122 Å². The molecule has 2 unspecified atom stereocenters. The summed E-state index contributed by atoms with van der Waals surface area (Å²) in [4.78, 5) is 12.3. The lowest BCUT2D eigenvalue weighted by atomic mass is 10.1. The molecule has 0 aliphatic carbocycles. The van der Waals surface area contributed by atoms with Crippen molar-refractivity contribution in [3.63, 3.8) is 0 Å². The molecule has 0 aliphatic rings. The lowest BCUT2D eigenvalue weighted by Gasteiger charge is -2.21. The van der Waals surface area contributed by atoms with Crippen molar-refractivity contribution in [2.75, 3.05) is 27.2 Å². The van der Waals surface area contributed by atoms with E-state index in [1.165, 1.54) is 0 Å². The van der Waals surface area contributed by atoms with Gasteiger partial charge in [-0.1, -0.05) is 0 Å². The van der Waals surface area contributed by atoms with Crippen LogP contribution in [-0.4, -0.2) is 66.7 Å². The molecule has 0 aromatic rings. The third-order valence-electron chi connectivity index (χ3n) is 2.04. The third-order valence-corrected chi connectivity index (χ3v) is 2.04. The number of aliphatic hydroxyl groups excluding tert-OH is 1. The molecule has 96 valence electrons. The van der Waals surface area contributed by atoms with Crippen LogP contribution in [0.5, 0.6) is 0 Å². The SMILES string of the molecule is CN(C)CCOC(N)C(O)C[C@H](N)C(=O)O. The molecule has 0 spiro atoms. The van der Waals surface area contributed by atoms with Crippen molar-refractivity contribution < 1.29 is 19.7 Å². The van der Waals surface area contributed by atoms with Gasteiger partial charge in [0.2, 0.25) is 0 Å². The molecule has 0 saturated carbocycles. The van der Waals surface area contributed by atoms with Crippen LogP contribution in [0.15, 0.2) is 0 Å². The van der Waals surface area contributed by atoms with Gasteiger partial charge >= 0.3 is 5.97 Å². The van der Waals surface area contributed by atoms with E-state index < -0.39 is 24.3 Å². The van der Waals surface area contributed by atoms with Crippen molar-refractivity contribution in [2.24, 2.45) is 11.5 Å². The number of ether oxygens (including phenoxy) is 1. The number of nitrogens with zero attached hydrogens (tertiary/aromatic N) is 1. The van der Waals surface area contributed by atoms with Gasteiger partial charge in [0.25, 0.3) is 0 Å². The Kier molecular flexibility index (Phi) is 7.18. The predicted octanol–water partition coefficient (Wildman–Crippen LogP) is -1.99. The number of carboxylic acids is 1. The highest BCUT2D eigenvalue weighted by molar-refractivity contribution is 5.73. The lowest BCUT2D eigenvalue weighted by Crippen LogP contribution is -2.44. The molecule has 7 nitrogen and oxygen atoms in total. The smallest absolute Gasteiger partial charge is 0.320 e. The highest BCUT2D eigenvalue weighted by atomic mass is 16.5. The lowest BCUT2D eigenvalue weighted by molar-refractivity contribution is -0.140. The molecule has 0 amide bonds.